The minimum absolute atomic E-state index is 0.0249. The number of nitrogens with zero attached hydrogens (tertiary/aromatic N) is 2. The first-order valence-corrected chi connectivity index (χ1v) is 9.20. The zero-order valence-electron chi connectivity index (χ0n) is 13.3. The van der Waals surface area contributed by atoms with Crippen LogP contribution in [0.1, 0.15) is 25.0 Å². The number of aromatic nitrogens is 1. The Hall–Kier alpha value is -1.70. The molecule has 0 bridgehead atoms. The standard InChI is InChI=1S/C17H20N2O4S/c20-15(10-12-11-24-16(18-12)14-5-3-7-21-14)19-6-2-1-4-13(19)17-22-8-9-23-17/h3,5,7,11,13,17H,1-2,4,6,8-10H2/t13-/m1/s1. The molecular weight excluding hydrogens is 328 g/mol. The number of furan rings is 1. The molecule has 128 valence electrons. The number of piperidine rings is 1. The monoisotopic (exact) mass is 348 g/mol. The van der Waals surface area contributed by atoms with Crippen molar-refractivity contribution >= 4 is 17.2 Å². The second kappa shape index (κ2) is 7.04. The molecule has 0 spiro atoms. The van der Waals surface area contributed by atoms with E-state index >= 15 is 0 Å². The highest BCUT2D eigenvalue weighted by atomic mass is 32.1. The van der Waals surface area contributed by atoms with Crippen LogP contribution in [0, 0.1) is 0 Å². The Bertz CT molecular complexity index is 679. The summed E-state index contributed by atoms with van der Waals surface area (Å²) in [5.41, 5.74) is 0.786. The first kappa shape index (κ1) is 15.8. The van der Waals surface area contributed by atoms with Crippen molar-refractivity contribution in [2.75, 3.05) is 19.8 Å². The van der Waals surface area contributed by atoms with Crippen molar-refractivity contribution in [3.8, 4) is 10.8 Å². The molecule has 2 saturated heterocycles. The van der Waals surface area contributed by atoms with Crippen LogP contribution in [-0.4, -0.2) is 47.9 Å². The van der Waals surface area contributed by atoms with Gasteiger partial charge in [-0.3, -0.25) is 4.79 Å². The Morgan fingerprint density at radius 3 is 3.00 bits per heavy atom. The number of rotatable bonds is 4. The number of likely N-dealkylation sites (tertiary alicyclic amines) is 1. The molecule has 0 radical (unpaired) electrons. The van der Waals surface area contributed by atoms with Gasteiger partial charge in [-0.2, -0.15) is 0 Å². The summed E-state index contributed by atoms with van der Waals surface area (Å²) in [6.07, 6.45) is 4.73. The van der Waals surface area contributed by atoms with Crippen LogP contribution in [0.3, 0.4) is 0 Å². The Labute approximate surface area is 144 Å². The number of hydrogen-bond donors (Lipinski definition) is 0. The molecular formula is C17H20N2O4S. The maximum Gasteiger partial charge on any atom is 0.229 e. The van der Waals surface area contributed by atoms with E-state index in [9.17, 15) is 4.79 Å². The molecule has 24 heavy (non-hydrogen) atoms. The first-order chi connectivity index (χ1) is 11.8. The number of ether oxygens (including phenoxy) is 2. The topological polar surface area (TPSA) is 64.8 Å². The lowest BCUT2D eigenvalue weighted by Crippen LogP contribution is -2.50. The van der Waals surface area contributed by atoms with E-state index in [0.717, 1.165) is 42.3 Å². The normalized spacial score (nSPS) is 22.2. The van der Waals surface area contributed by atoms with Crippen LogP contribution in [0.4, 0.5) is 0 Å². The van der Waals surface area contributed by atoms with Crippen LogP contribution in [0.2, 0.25) is 0 Å². The predicted octanol–water partition coefficient (Wildman–Crippen LogP) is 2.70. The molecule has 2 fully saturated rings. The molecule has 0 aliphatic carbocycles. The third kappa shape index (κ3) is 3.24. The summed E-state index contributed by atoms with van der Waals surface area (Å²) in [5, 5.41) is 2.73. The van der Waals surface area contributed by atoms with E-state index in [1.54, 1.807) is 6.26 Å². The number of hydrogen-bond acceptors (Lipinski definition) is 6. The zero-order chi connectivity index (χ0) is 16.4. The molecule has 2 aromatic rings. The molecule has 2 aromatic heterocycles. The summed E-state index contributed by atoms with van der Waals surface area (Å²) in [4.78, 5) is 19.2. The molecule has 0 unspecified atom stereocenters. The lowest BCUT2D eigenvalue weighted by atomic mass is 10.0. The Balaban J connectivity index is 1.44. The van der Waals surface area contributed by atoms with E-state index in [1.165, 1.54) is 11.3 Å². The number of carbonyl (C=O) groups excluding carboxylic acids is 1. The lowest BCUT2D eigenvalue weighted by molar-refractivity contribution is -0.150. The number of thiazole rings is 1. The van der Waals surface area contributed by atoms with Gasteiger partial charge < -0.3 is 18.8 Å². The fourth-order valence-electron chi connectivity index (χ4n) is 3.31. The average molecular weight is 348 g/mol. The minimum Gasteiger partial charge on any atom is -0.462 e. The van der Waals surface area contributed by atoms with Crippen molar-refractivity contribution in [3.63, 3.8) is 0 Å². The van der Waals surface area contributed by atoms with Gasteiger partial charge in [0.25, 0.3) is 0 Å². The average Bonchev–Trinajstić information content (AvgIpc) is 3.36. The molecule has 7 heteroatoms. The van der Waals surface area contributed by atoms with Crippen molar-refractivity contribution in [3.05, 3.63) is 29.5 Å². The van der Waals surface area contributed by atoms with Gasteiger partial charge in [0.05, 0.1) is 37.6 Å². The van der Waals surface area contributed by atoms with E-state index in [4.69, 9.17) is 13.9 Å². The zero-order valence-corrected chi connectivity index (χ0v) is 14.2. The summed E-state index contributed by atoms with van der Waals surface area (Å²) >= 11 is 1.50. The predicted molar refractivity (Wildman–Crippen MR) is 88.6 cm³/mol. The quantitative estimate of drug-likeness (QED) is 0.850. The van der Waals surface area contributed by atoms with E-state index in [-0.39, 0.29) is 18.2 Å². The summed E-state index contributed by atoms with van der Waals surface area (Å²) in [6, 6.07) is 3.73. The molecule has 4 rings (SSSR count). The smallest absolute Gasteiger partial charge is 0.229 e. The highest BCUT2D eigenvalue weighted by Crippen LogP contribution is 2.27. The second-order valence-corrected chi connectivity index (χ2v) is 6.92. The van der Waals surface area contributed by atoms with Crippen LogP contribution in [0.5, 0.6) is 0 Å². The van der Waals surface area contributed by atoms with E-state index in [1.807, 2.05) is 22.4 Å². The van der Waals surface area contributed by atoms with Gasteiger partial charge in [0, 0.05) is 11.9 Å². The third-order valence-electron chi connectivity index (χ3n) is 4.45. The Morgan fingerprint density at radius 2 is 2.21 bits per heavy atom. The molecule has 2 aliphatic rings. The Kier molecular flexibility index (Phi) is 4.64. The molecule has 4 heterocycles. The molecule has 6 nitrogen and oxygen atoms in total. The second-order valence-electron chi connectivity index (χ2n) is 6.06. The van der Waals surface area contributed by atoms with Crippen molar-refractivity contribution in [1.29, 1.82) is 0 Å². The molecule has 1 amide bonds. The summed E-state index contributed by atoms with van der Waals surface area (Å²) in [6.45, 7) is 1.99. The van der Waals surface area contributed by atoms with E-state index < -0.39 is 0 Å². The fraction of sp³-hybridized carbons (Fsp3) is 0.529. The Morgan fingerprint density at radius 1 is 1.33 bits per heavy atom. The van der Waals surface area contributed by atoms with Crippen molar-refractivity contribution < 1.29 is 18.7 Å². The molecule has 1 atom stereocenters. The van der Waals surface area contributed by atoms with Crippen molar-refractivity contribution in [2.24, 2.45) is 0 Å². The SMILES string of the molecule is O=C(Cc1csc(-c2ccco2)n1)N1CCCC[C@@H]1C1OCCO1. The van der Waals surface area contributed by atoms with Gasteiger partial charge >= 0.3 is 0 Å². The summed E-state index contributed by atoms with van der Waals surface area (Å²) < 4.78 is 16.6. The van der Waals surface area contributed by atoms with Gasteiger partial charge in [0.15, 0.2) is 17.1 Å². The van der Waals surface area contributed by atoms with Gasteiger partial charge in [-0.05, 0) is 31.4 Å². The maximum absolute atomic E-state index is 12.8. The first-order valence-electron chi connectivity index (χ1n) is 8.32. The van der Waals surface area contributed by atoms with Crippen LogP contribution in [0.15, 0.2) is 28.2 Å². The molecule has 2 aliphatic heterocycles. The van der Waals surface area contributed by atoms with Crippen LogP contribution >= 0.6 is 11.3 Å². The van der Waals surface area contributed by atoms with Crippen LogP contribution in [0.25, 0.3) is 10.8 Å². The number of carbonyl (C=O) groups is 1. The van der Waals surface area contributed by atoms with Crippen molar-refractivity contribution in [1.82, 2.24) is 9.88 Å². The third-order valence-corrected chi connectivity index (χ3v) is 5.35. The maximum atomic E-state index is 12.8. The fourth-order valence-corrected chi connectivity index (χ4v) is 4.09. The summed E-state index contributed by atoms with van der Waals surface area (Å²) in [5.74, 6) is 0.831. The molecule has 0 aromatic carbocycles. The highest BCUT2D eigenvalue weighted by molar-refractivity contribution is 7.13. The highest BCUT2D eigenvalue weighted by Gasteiger charge is 2.36. The largest absolute Gasteiger partial charge is 0.462 e. The van der Waals surface area contributed by atoms with E-state index in [0.29, 0.717) is 19.6 Å². The molecule has 0 N–H and O–H groups in total. The van der Waals surface area contributed by atoms with Crippen LogP contribution < -0.4 is 0 Å². The molecule has 0 saturated carbocycles. The van der Waals surface area contributed by atoms with Gasteiger partial charge in [0.1, 0.15) is 0 Å². The lowest BCUT2D eigenvalue weighted by Gasteiger charge is -2.38. The van der Waals surface area contributed by atoms with Gasteiger partial charge in [0.2, 0.25) is 5.91 Å². The van der Waals surface area contributed by atoms with E-state index in [2.05, 4.69) is 4.98 Å². The van der Waals surface area contributed by atoms with Crippen LogP contribution in [-0.2, 0) is 20.7 Å². The van der Waals surface area contributed by atoms with Gasteiger partial charge in [-0.1, -0.05) is 0 Å². The number of amides is 1. The van der Waals surface area contributed by atoms with Crippen molar-refractivity contribution in [2.45, 2.75) is 38.0 Å². The van der Waals surface area contributed by atoms with Gasteiger partial charge in [-0.15, -0.1) is 11.3 Å². The van der Waals surface area contributed by atoms with Gasteiger partial charge in [-0.25, -0.2) is 4.98 Å². The minimum atomic E-state index is -0.275. The summed E-state index contributed by atoms with van der Waals surface area (Å²) in [7, 11) is 0.